The van der Waals surface area contributed by atoms with Crippen LogP contribution in [0.5, 0.6) is 0 Å². The van der Waals surface area contributed by atoms with Crippen molar-refractivity contribution in [3.8, 4) is 0 Å². The lowest BCUT2D eigenvalue weighted by molar-refractivity contribution is -0.385. The lowest BCUT2D eigenvalue weighted by Crippen LogP contribution is -2.11. The Kier molecular flexibility index (Phi) is 2.56. The molecule has 0 fully saturated rings. The molecule has 14 heavy (non-hydrogen) atoms. The van der Waals surface area contributed by atoms with Crippen LogP contribution >= 0.6 is 11.6 Å². The minimum atomic E-state index is -4.77. The van der Waals surface area contributed by atoms with Crippen molar-refractivity contribution in [1.82, 2.24) is 9.97 Å². The second kappa shape index (κ2) is 3.37. The molecule has 0 spiro atoms. The summed E-state index contributed by atoms with van der Waals surface area (Å²) >= 11 is 5.14. The van der Waals surface area contributed by atoms with Crippen LogP contribution in [0.25, 0.3) is 0 Å². The van der Waals surface area contributed by atoms with E-state index in [1.807, 2.05) is 0 Å². The Bertz CT molecular complexity index is 381. The van der Waals surface area contributed by atoms with Gasteiger partial charge in [-0.05, 0) is 0 Å². The van der Waals surface area contributed by atoms with Crippen LogP contribution in [0.1, 0.15) is 5.82 Å². The second-order valence-corrected chi connectivity index (χ2v) is 2.48. The third kappa shape index (κ3) is 2.08. The molecule has 1 heterocycles. The van der Waals surface area contributed by atoms with Gasteiger partial charge in [0, 0.05) is 0 Å². The fourth-order valence-electron chi connectivity index (χ4n) is 0.614. The maximum absolute atomic E-state index is 11.9. The van der Waals surface area contributed by atoms with E-state index in [1.54, 1.807) is 0 Å². The Morgan fingerprint density at radius 3 is 2.43 bits per heavy atom. The maximum Gasteiger partial charge on any atom is 0.451 e. The molecule has 5 nitrogen and oxygen atoms in total. The molecular weight excluding hydrogens is 227 g/mol. The van der Waals surface area contributed by atoms with Gasteiger partial charge in [-0.15, -0.1) is 0 Å². The first kappa shape index (κ1) is 10.6. The Morgan fingerprint density at radius 1 is 1.50 bits per heavy atom. The van der Waals surface area contributed by atoms with Gasteiger partial charge in [-0.2, -0.15) is 13.2 Å². The molecule has 0 N–H and O–H groups in total. The highest BCUT2D eigenvalue weighted by Crippen LogP contribution is 2.29. The van der Waals surface area contributed by atoms with Gasteiger partial charge in [0.15, 0.2) is 0 Å². The van der Waals surface area contributed by atoms with E-state index in [0.29, 0.717) is 6.20 Å². The van der Waals surface area contributed by atoms with Crippen molar-refractivity contribution < 1.29 is 18.1 Å². The summed E-state index contributed by atoms with van der Waals surface area (Å²) in [4.78, 5) is 14.7. The Balaban J connectivity index is 3.20. The topological polar surface area (TPSA) is 68.9 Å². The monoisotopic (exact) mass is 227 g/mol. The summed E-state index contributed by atoms with van der Waals surface area (Å²) in [6, 6.07) is 0. The van der Waals surface area contributed by atoms with Crippen molar-refractivity contribution in [3.63, 3.8) is 0 Å². The minimum Gasteiger partial charge on any atom is -0.258 e. The molecule has 0 saturated carbocycles. The van der Waals surface area contributed by atoms with Gasteiger partial charge in [-0.1, -0.05) is 11.6 Å². The normalized spacial score (nSPS) is 11.4. The summed E-state index contributed by atoms with van der Waals surface area (Å²) in [6.07, 6.45) is -4.35. The average Bonchev–Trinajstić information content (AvgIpc) is 2.01. The third-order valence-electron chi connectivity index (χ3n) is 1.17. The first-order valence-corrected chi connectivity index (χ1v) is 3.44. The van der Waals surface area contributed by atoms with Crippen molar-refractivity contribution in [1.29, 1.82) is 0 Å². The standard InChI is InChI=1S/C5HClF3N3O2/c6-3-2(12(13)14)1-10-4(11-3)5(7,8)9/h1H. The van der Waals surface area contributed by atoms with Crippen LogP contribution in [0.3, 0.4) is 0 Å². The number of alkyl halides is 3. The first-order valence-electron chi connectivity index (χ1n) is 3.06. The summed E-state index contributed by atoms with van der Waals surface area (Å²) in [6.45, 7) is 0. The van der Waals surface area contributed by atoms with Crippen LogP contribution in [0, 0.1) is 10.1 Å². The molecule has 1 aromatic rings. The van der Waals surface area contributed by atoms with Crippen LogP contribution in [0.4, 0.5) is 18.9 Å². The van der Waals surface area contributed by atoms with Gasteiger partial charge < -0.3 is 0 Å². The van der Waals surface area contributed by atoms with Gasteiger partial charge in [0.2, 0.25) is 11.0 Å². The lowest BCUT2D eigenvalue weighted by atomic mass is 10.5. The summed E-state index contributed by atoms with van der Waals surface area (Å²) in [5.74, 6) is -1.51. The zero-order valence-corrected chi connectivity index (χ0v) is 7.00. The van der Waals surface area contributed by atoms with Gasteiger partial charge in [0.05, 0.1) is 4.92 Å². The summed E-state index contributed by atoms with van der Waals surface area (Å²) in [7, 11) is 0. The first-order chi connectivity index (χ1) is 6.32. The van der Waals surface area contributed by atoms with E-state index in [4.69, 9.17) is 11.6 Å². The molecule has 0 radical (unpaired) electrons. The molecule has 0 aliphatic rings. The molecule has 0 bridgehead atoms. The van der Waals surface area contributed by atoms with Crippen molar-refractivity contribution >= 4 is 17.3 Å². The molecule has 0 aliphatic heterocycles. The smallest absolute Gasteiger partial charge is 0.258 e. The molecule has 1 aromatic heterocycles. The van der Waals surface area contributed by atoms with E-state index in [-0.39, 0.29) is 0 Å². The molecule has 0 aromatic carbocycles. The van der Waals surface area contributed by atoms with Crippen LogP contribution < -0.4 is 0 Å². The molecule has 9 heteroatoms. The van der Waals surface area contributed by atoms with Gasteiger partial charge in [0.25, 0.3) is 0 Å². The average molecular weight is 228 g/mol. The summed E-state index contributed by atoms with van der Waals surface area (Å²) < 4.78 is 35.8. The van der Waals surface area contributed by atoms with Crippen LogP contribution in [-0.4, -0.2) is 14.9 Å². The highest BCUT2D eigenvalue weighted by molar-refractivity contribution is 6.31. The number of hydrogen-bond acceptors (Lipinski definition) is 4. The number of nitro groups is 1. The molecule has 0 saturated heterocycles. The highest BCUT2D eigenvalue weighted by Gasteiger charge is 2.36. The zero-order chi connectivity index (χ0) is 10.9. The predicted octanol–water partition coefficient (Wildman–Crippen LogP) is 2.06. The Labute approximate surface area is 79.7 Å². The summed E-state index contributed by atoms with van der Waals surface area (Å²) in [5, 5.41) is 9.31. The van der Waals surface area contributed by atoms with E-state index in [9.17, 15) is 23.3 Å². The number of rotatable bonds is 1. The maximum atomic E-state index is 11.9. The van der Waals surface area contributed by atoms with Crippen LogP contribution in [0.2, 0.25) is 5.15 Å². The van der Waals surface area contributed by atoms with Crippen molar-refractivity contribution in [2.75, 3.05) is 0 Å². The fraction of sp³-hybridized carbons (Fsp3) is 0.200. The molecule has 0 aliphatic carbocycles. The van der Waals surface area contributed by atoms with E-state index in [0.717, 1.165) is 0 Å². The number of aromatic nitrogens is 2. The Hall–Kier alpha value is -1.44. The van der Waals surface area contributed by atoms with E-state index >= 15 is 0 Å². The lowest BCUT2D eigenvalue weighted by Gasteiger charge is -2.03. The van der Waals surface area contributed by atoms with E-state index in [2.05, 4.69) is 9.97 Å². The summed E-state index contributed by atoms with van der Waals surface area (Å²) in [5.41, 5.74) is -0.764. The van der Waals surface area contributed by atoms with Crippen molar-refractivity contribution in [2.24, 2.45) is 0 Å². The fourth-order valence-corrected chi connectivity index (χ4v) is 0.812. The number of hydrogen-bond donors (Lipinski definition) is 0. The molecular formula is C5HClF3N3O2. The van der Waals surface area contributed by atoms with Gasteiger partial charge in [-0.3, -0.25) is 10.1 Å². The largest absolute Gasteiger partial charge is 0.451 e. The molecule has 1 rings (SSSR count). The van der Waals surface area contributed by atoms with Crippen molar-refractivity contribution in [2.45, 2.75) is 6.18 Å². The molecule has 0 amide bonds. The Morgan fingerprint density at radius 2 is 2.07 bits per heavy atom. The predicted molar refractivity (Wildman–Crippen MR) is 38.7 cm³/mol. The third-order valence-corrected chi connectivity index (χ3v) is 1.45. The molecule has 0 unspecified atom stereocenters. The SMILES string of the molecule is O=[N+]([O-])c1cnc(C(F)(F)F)nc1Cl. The zero-order valence-electron chi connectivity index (χ0n) is 6.25. The highest BCUT2D eigenvalue weighted by atomic mass is 35.5. The molecule has 76 valence electrons. The van der Waals surface area contributed by atoms with Gasteiger partial charge in [-0.25, -0.2) is 9.97 Å². The number of nitrogens with zero attached hydrogens (tertiary/aromatic N) is 3. The number of halogens is 4. The van der Waals surface area contributed by atoms with Gasteiger partial charge in [0.1, 0.15) is 6.20 Å². The minimum absolute atomic E-state index is 0.415. The second-order valence-electron chi connectivity index (χ2n) is 2.12. The van der Waals surface area contributed by atoms with Gasteiger partial charge >= 0.3 is 11.9 Å². The quantitative estimate of drug-likeness (QED) is 0.418. The van der Waals surface area contributed by atoms with Crippen LogP contribution in [0.15, 0.2) is 6.20 Å². The molecule has 0 atom stereocenters. The van der Waals surface area contributed by atoms with Crippen LogP contribution in [-0.2, 0) is 6.18 Å². The van der Waals surface area contributed by atoms with E-state index < -0.39 is 27.8 Å². The van der Waals surface area contributed by atoms with E-state index in [1.165, 1.54) is 0 Å². The van der Waals surface area contributed by atoms with Crippen molar-refractivity contribution in [3.05, 3.63) is 27.3 Å².